The second-order valence-electron chi connectivity index (χ2n) is 6.86. The first-order valence-corrected chi connectivity index (χ1v) is 8.31. The zero-order valence-electron chi connectivity index (χ0n) is 13.4. The summed E-state index contributed by atoms with van der Waals surface area (Å²) in [5, 5.41) is 11.0. The Kier molecular flexibility index (Phi) is 5.26. The molecule has 0 radical (unpaired) electrons. The fourth-order valence-electron chi connectivity index (χ4n) is 3.79. The highest BCUT2D eigenvalue weighted by atomic mass is 16.3. The Balaban J connectivity index is 2.07. The van der Waals surface area contributed by atoms with Crippen molar-refractivity contribution in [3.8, 4) is 0 Å². The van der Waals surface area contributed by atoms with Gasteiger partial charge in [0.1, 0.15) is 0 Å². The minimum Gasteiger partial charge on any atom is -0.390 e. The first-order chi connectivity index (χ1) is 9.54. The van der Waals surface area contributed by atoms with Gasteiger partial charge < -0.3 is 5.11 Å². The van der Waals surface area contributed by atoms with E-state index in [1.807, 2.05) is 0 Å². The normalized spacial score (nSPS) is 27.3. The monoisotopic (exact) mass is 274 g/mol. The van der Waals surface area contributed by atoms with E-state index in [2.05, 4.69) is 39.0 Å². The SMILES string of the molecule is CCCC1CCCC(O)(Cc2c(C)cccc2C)CC1. The van der Waals surface area contributed by atoms with Gasteiger partial charge in [0.05, 0.1) is 5.60 Å². The van der Waals surface area contributed by atoms with Gasteiger partial charge in [0, 0.05) is 6.42 Å². The first-order valence-electron chi connectivity index (χ1n) is 8.31. The Bertz CT molecular complexity index is 417. The zero-order valence-corrected chi connectivity index (χ0v) is 13.4. The van der Waals surface area contributed by atoms with Crippen LogP contribution in [-0.2, 0) is 6.42 Å². The van der Waals surface area contributed by atoms with Gasteiger partial charge in [-0.25, -0.2) is 0 Å². The summed E-state index contributed by atoms with van der Waals surface area (Å²) in [5.74, 6) is 0.840. The van der Waals surface area contributed by atoms with E-state index in [1.165, 1.54) is 48.8 Å². The van der Waals surface area contributed by atoms with Crippen molar-refractivity contribution in [3.63, 3.8) is 0 Å². The van der Waals surface area contributed by atoms with Gasteiger partial charge >= 0.3 is 0 Å². The number of aliphatic hydroxyl groups is 1. The van der Waals surface area contributed by atoms with Crippen molar-refractivity contribution in [3.05, 3.63) is 34.9 Å². The molecule has 1 heteroatoms. The fourth-order valence-corrected chi connectivity index (χ4v) is 3.79. The van der Waals surface area contributed by atoms with E-state index < -0.39 is 5.60 Å². The number of hydrogen-bond acceptors (Lipinski definition) is 1. The topological polar surface area (TPSA) is 20.2 Å². The summed E-state index contributed by atoms with van der Waals surface area (Å²) in [6, 6.07) is 6.45. The maximum absolute atomic E-state index is 11.0. The van der Waals surface area contributed by atoms with Crippen LogP contribution >= 0.6 is 0 Å². The molecule has 0 amide bonds. The molecule has 1 aromatic carbocycles. The van der Waals surface area contributed by atoms with Gasteiger partial charge in [-0.05, 0) is 55.7 Å². The first kappa shape index (κ1) is 15.6. The van der Waals surface area contributed by atoms with Crippen molar-refractivity contribution in [1.29, 1.82) is 0 Å². The lowest BCUT2D eigenvalue weighted by Gasteiger charge is -2.28. The standard InChI is InChI=1S/C19H30O/c1-4-7-17-10-6-12-19(20,13-11-17)14-18-15(2)8-5-9-16(18)3/h5,8-9,17,20H,4,6-7,10-14H2,1-3H3. The lowest BCUT2D eigenvalue weighted by atomic mass is 9.84. The highest BCUT2D eigenvalue weighted by molar-refractivity contribution is 5.34. The summed E-state index contributed by atoms with van der Waals surface area (Å²) in [6.45, 7) is 6.61. The van der Waals surface area contributed by atoms with Crippen molar-refractivity contribution < 1.29 is 5.11 Å². The van der Waals surface area contributed by atoms with Crippen molar-refractivity contribution in [2.24, 2.45) is 5.92 Å². The summed E-state index contributed by atoms with van der Waals surface area (Å²) in [7, 11) is 0. The van der Waals surface area contributed by atoms with Gasteiger partial charge in [-0.2, -0.15) is 0 Å². The smallest absolute Gasteiger partial charge is 0.0688 e. The molecule has 0 aromatic heterocycles. The maximum atomic E-state index is 11.0. The Morgan fingerprint density at radius 1 is 1.15 bits per heavy atom. The quantitative estimate of drug-likeness (QED) is 0.770. The van der Waals surface area contributed by atoms with E-state index in [1.54, 1.807) is 0 Å². The Morgan fingerprint density at radius 2 is 1.85 bits per heavy atom. The van der Waals surface area contributed by atoms with Crippen LogP contribution in [0.25, 0.3) is 0 Å². The molecule has 1 nitrogen and oxygen atoms in total. The minimum absolute atomic E-state index is 0.473. The van der Waals surface area contributed by atoms with Crippen LogP contribution in [0.4, 0.5) is 0 Å². The van der Waals surface area contributed by atoms with E-state index in [4.69, 9.17) is 0 Å². The van der Waals surface area contributed by atoms with Gasteiger partial charge in [0.25, 0.3) is 0 Å². The van der Waals surface area contributed by atoms with E-state index in [0.29, 0.717) is 0 Å². The number of aryl methyl sites for hydroxylation is 2. The number of rotatable bonds is 4. The highest BCUT2D eigenvalue weighted by Gasteiger charge is 2.31. The molecular weight excluding hydrogens is 244 g/mol. The second kappa shape index (κ2) is 6.76. The third-order valence-corrected chi connectivity index (χ3v) is 5.12. The van der Waals surface area contributed by atoms with E-state index >= 15 is 0 Å². The molecule has 112 valence electrons. The summed E-state index contributed by atoms with van der Waals surface area (Å²) in [6.07, 6.45) is 9.10. The van der Waals surface area contributed by atoms with Crippen LogP contribution in [0.3, 0.4) is 0 Å². The summed E-state index contributed by atoms with van der Waals surface area (Å²) in [4.78, 5) is 0. The molecule has 2 rings (SSSR count). The van der Waals surface area contributed by atoms with Gasteiger partial charge in [0.15, 0.2) is 0 Å². The molecule has 1 fully saturated rings. The van der Waals surface area contributed by atoms with Crippen LogP contribution in [-0.4, -0.2) is 10.7 Å². The largest absolute Gasteiger partial charge is 0.390 e. The van der Waals surface area contributed by atoms with Gasteiger partial charge in [-0.3, -0.25) is 0 Å². The van der Waals surface area contributed by atoms with Crippen LogP contribution in [0.5, 0.6) is 0 Å². The molecule has 0 saturated heterocycles. The maximum Gasteiger partial charge on any atom is 0.0688 e. The third-order valence-electron chi connectivity index (χ3n) is 5.12. The molecule has 1 aliphatic rings. The molecule has 0 bridgehead atoms. The van der Waals surface area contributed by atoms with Gasteiger partial charge in [-0.1, -0.05) is 50.8 Å². The summed E-state index contributed by atoms with van der Waals surface area (Å²) < 4.78 is 0. The van der Waals surface area contributed by atoms with Crippen molar-refractivity contribution in [2.75, 3.05) is 0 Å². The average molecular weight is 274 g/mol. The molecule has 2 unspecified atom stereocenters. The predicted octanol–water partition coefficient (Wildman–Crippen LogP) is 4.96. The number of hydrogen-bond donors (Lipinski definition) is 1. The lowest BCUT2D eigenvalue weighted by Crippen LogP contribution is -2.31. The minimum atomic E-state index is -0.473. The van der Waals surface area contributed by atoms with E-state index in [0.717, 1.165) is 25.2 Å². The molecule has 20 heavy (non-hydrogen) atoms. The number of benzene rings is 1. The molecule has 0 heterocycles. The van der Waals surface area contributed by atoms with Gasteiger partial charge in [-0.15, -0.1) is 0 Å². The molecule has 0 aliphatic heterocycles. The second-order valence-corrected chi connectivity index (χ2v) is 6.86. The van der Waals surface area contributed by atoms with Crippen LogP contribution in [0, 0.1) is 19.8 Å². The average Bonchev–Trinajstić information content (AvgIpc) is 2.58. The van der Waals surface area contributed by atoms with Crippen molar-refractivity contribution >= 4 is 0 Å². The van der Waals surface area contributed by atoms with E-state index in [9.17, 15) is 5.11 Å². The Hall–Kier alpha value is -0.820. The lowest BCUT2D eigenvalue weighted by molar-refractivity contribution is 0.0238. The molecule has 1 saturated carbocycles. The molecular formula is C19H30O. The molecule has 1 N–H and O–H groups in total. The van der Waals surface area contributed by atoms with Crippen LogP contribution in [0.2, 0.25) is 0 Å². The molecule has 0 spiro atoms. The van der Waals surface area contributed by atoms with Gasteiger partial charge in [0.2, 0.25) is 0 Å². The van der Waals surface area contributed by atoms with Crippen LogP contribution < -0.4 is 0 Å². The summed E-state index contributed by atoms with van der Waals surface area (Å²) >= 11 is 0. The fraction of sp³-hybridized carbons (Fsp3) is 0.684. The predicted molar refractivity (Wildman–Crippen MR) is 86.1 cm³/mol. The van der Waals surface area contributed by atoms with Crippen molar-refractivity contribution in [1.82, 2.24) is 0 Å². The summed E-state index contributed by atoms with van der Waals surface area (Å²) in [5.41, 5.74) is 3.55. The third kappa shape index (κ3) is 3.85. The molecule has 2 atom stereocenters. The zero-order chi connectivity index (χ0) is 14.6. The van der Waals surface area contributed by atoms with Crippen LogP contribution in [0.15, 0.2) is 18.2 Å². The Morgan fingerprint density at radius 3 is 2.50 bits per heavy atom. The Labute approximate surface area is 124 Å². The highest BCUT2D eigenvalue weighted by Crippen LogP contribution is 2.35. The molecule has 1 aliphatic carbocycles. The van der Waals surface area contributed by atoms with Crippen molar-refractivity contribution in [2.45, 2.75) is 77.7 Å². The van der Waals surface area contributed by atoms with Crippen LogP contribution in [0.1, 0.15) is 68.6 Å². The molecule has 1 aromatic rings. The van der Waals surface area contributed by atoms with E-state index in [-0.39, 0.29) is 0 Å².